The molecule has 2 fully saturated rings. The maximum absolute atomic E-state index is 13.1. The van der Waals surface area contributed by atoms with Crippen LogP contribution in [0.3, 0.4) is 0 Å². The third-order valence-electron chi connectivity index (χ3n) is 4.60. The highest BCUT2D eigenvalue weighted by Crippen LogP contribution is 2.58. The van der Waals surface area contributed by atoms with Gasteiger partial charge in [0.25, 0.3) is 5.91 Å². The van der Waals surface area contributed by atoms with Crippen molar-refractivity contribution in [1.29, 1.82) is 0 Å². The van der Waals surface area contributed by atoms with Crippen LogP contribution >= 0.6 is 27.7 Å². The Labute approximate surface area is 159 Å². The van der Waals surface area contributed by atoms with Crippen molar-refractivity contribution in [2.75, 3.05) is 23.9 Å². The van der Waals surface area contributed by atoms with Crippen molar-refractivity contribution in [3.05, 3.63) is 60.2 Å². The summed E-state index contributed by atoms with van der Waals surface area (Å²) in [6, 6.07) is 17.5. The second-order valence-electron chi connectivity index (χ2n) is 6.06. The lowest BCUT2D eigenvalue weighted by Crippen LogP contribution is -2.67. The predicted octanol–water partition coefficient (Wildman–Crippen LogP) is 4.01. The molecule has 0 radical (unpaired) electrons. The number of carbonyl (C=O) groups is 1. The molecule has 1 spiro atoms. The summed E-state index contributed by atoms with van der Waals surface area (Å²) in [5.74, 6) is 0.786. The van der Waals surface area contributed by atoms with Crippen LogP contribution in [-0.2, 0) is 9.53 Å². The average molecular weight is 420 g/mol. The number of hydrogen-bond acceptors (Lipinski definition) is 4. The third-order valence-corrected chi connectivity index (χ3v) is 7.31. The summed E-state index contributed by atoms with van der Waals surface area (Å²) in [5.41, 5.74) is 1.94. The van der Waals surface area contributed by atoms with Crippen LogP contribution in [0.25, 0.3) is 0 Å². The predicted molar refractivity (Wildman–Crippen MR) is 104 cm³/mol. The first-order chi connectivity index (χ1) is 12.2. The van der Waals surface area contributed by atoms with Gasteiger partial charge < -0.3 is 9.47 Å². The monoisotopic (exact) mass is 419 g/mol. The molecule has 0 saturated carbocycles. The van der Waals surface area contributed by atoms with Crippen LogP contribution in [0, 0.1) is 0 Å². The number of amides is 1. The molecule has 2 aromatic rings. The Morgan fingerprint density at radius 1 is 1.24 bits per heavy atom. The van der Waals surface area contributed by atoms with Crippen LogP contribution in [0.15, 0.2) is 54.6 Å². The fourth-order valence-corrected chi connectivity index (χ4v) is 5.37. The normalized spacial score (nSPS) is 28.2. The van der Waals surface area contributed by atoms with E-state index in [0.717, 1.165) is 22.3 Å². The van der Waals surface area contributed by atoms with Crippen molar-refractivity contribution in [2.24, 2.45) is 0 Å². The fourth-order valence-electron chi connectivity index (χ4n) is 3.38. The summed E-state index contributed by atoms with van der Waals surface area (Å²) in [6.45, 7) is 0.585. The highest BCUT2D eigenvalue weighted by atomic mass is 79.9. The Morgan fingerprint density at radius 2 is 1.96 bits per heavy atom. The number of β-lactam (4-membered cyclic amide) rings is 1. The van der Waals surface area contributed by atoms with Gasteiger partial charge in [-0.1, -0.05) is 46.3 Å². The van der Waals surface area contributed by atoms with E-state index in [2.05, 4.69) is 28.1 Å². The number of rotatable bonds is 4. The topological polar surface area (TPSA) is 38.8 Å². The quantitative estimate of drug-likeness (QED) is 0.554. The largest absolute Gasteiger partial charge is 0.497 e. The molecule has 3 atom stereocenters. The Morgan fingerprint density at radius 3 is 2.56 bits per heavy atom. The highest BCUT2D eigenvalue weighted by molar-refractivity contribution is 9.09. The molecule has 1 amide bonds. The number of hydrogen-bond donors (Lipinski definition) is 0. The molecule has 25 heavy (non-hydrogen) atoms. The van der Waals surface area contributed by atoms with Crippen LogP contribution in [0.5, 0.6) is 5.75 Å². The molecular weight excluding hydrogens is 402 g/mol. The van der Waals surface area contributed by atoms with Crippen LogP contribution < -0.4 is 9.64 Å². The van der Waals surface area contributed by atoms with E-state index in [4.69, 9.17) is 9.47 Å². The fraction of sp³-hybridized carbons (Fsp3) is 0.316. The Hall–Kier alpha value is -1.50. The number of nitrogens with zero attached hydrogens (tertiary/aromatic N) is 1. The van der Waals surface area contributed by atoms with Gasteiger partial charge in [-0.3, -0.25) is 9.69 Å². The number of carbonyl (C=O) groups excluding carboxylic acids is 1. The molecule has 4 rings (SSSR count). The Kier molecular flexibility index (Phi) is 4.52. The van der Waals surface area contributed by atoms with Gasteiger partial charge in [0.05, 0.1) is 13.7 Å². The van der Waals surface area contributed by atoms with Gasteiger partial charge in [0.15, 0.2) is 0 Å². The molecule has 4 nitrogen and oxygen atoms in total. The first kappa shape index (κ1) is 16.9. The van der Waals surface area contributed by atoms with Gasteiger partial charge in [0.1, 0.15) is 11.8 Å². The van der Waals surface area contributed by atoms with E-state index >= 15 is 0 Å². The zero-order valence-electron chi connectivity index (χ0n) is 13.7. The molecule has 0 aromatic heterocycles. The first-order valence-electron chi connectivity index (χ1n) is 8.10. The smallest absolute Gasteiger partial charge is 0.273 e. The van der Waals surface area contributed by atoms with E-state index in [1.807, 2.05) is 47.4 Å². The minimum Gasteiger partial charge on any atom is -0.497 e. The highest BCUT2D eigenvalue weighted by Gasteiger charge is 2.66. The van der Waals surface area contributed by atoms with Gasteiger partial charge in [-0.05, 0) is 29.8 Å². The molecule has 2 aliphatic rings. The van der Waals surface area contributed by atoms with Crippen molar-refractivity contribution in [3.63, 3.8) is 0 Å². The van der Waals surface area contributed by atoms with E-state index < -0.39 is 4.93 Å². The number of alkyl halides is 1. The lowest BCUT2D eigenvalue weighted by molar-refractivity contribution is -0.145. The third kappa shape index (κ3) is 2.67. The lowest BCUT2D eigenvalue weighted by Gasteiger charge is -2.52. The molecule has 2 saturated heterocycles. The van der Waals surface area contributed by atoms with Gasteiger partial charge >= 0.3 is 0 Å². The summed E-state index contributed by atoms with van der Waals surface area (Å²) in [4.78, 5) is 14.1. The summed E-state index contributed by atoms with van der Waals surface area (Å²) < 4.78 is 11.3. The zero-order valence-corrected chi connectivity index (χ0v) is 16.1. The van der Waals surface area contributed by atoms with E-state index in [9.17, 15) is 4.79 Å². The summed E-state index contributed by atoms with van der Waals surface area (Å²) >= 11 is 5.15. The number of ether oxygens (including phenoxy) is 2. The molecule has 130 valence electrons. The molecule has 0 N–H and O–H groups in total. The van der Waals surface area contributed by atoms with Crippen LogP contribution in [0.1, 0.15) is 11.6 Å². The van der Waals surface area contributed by atoms with Crippen molar-refractivity contribution >= 4 is 39.3 Å². The maximum atomic E-state index is 13.1. The van der Waals surface area contributed by atoms with E-state index in [-0.39, 0.29) is 17.2 Å². The lowest BCUT2D eigenvalue weighted by atomic mass is 9.89. The Bertz CT molecular complexity index is 770. The second-order valence-corrected chi connectivity index (χ2v) is 8.22. The van der Waals surface area contributed by atoms with Gasteiger partial charge in [-0.2, -0.15) is 0 Å². The molecule has 0 bridgehead atoms. The summed E-state index contributed by atoms with van der Waals surface area (Å²) in [7, 11) is 1.63. The number of anilines is 1. The Balaban J connectivity index is 1.72. The zero-order chi connectivity index (χ0) is 17.4. The molecule has 2 aliphatic heterocycles. The number of halogens is 1. The van der Waals surface area contributed by atoms with E-state index in [1.165, 1.54) is 0 Å². The molecule has 0 aliphatic carbocycles. The molecule has 2 aromatic carbocycles. The summed E-state index contributed by atoms with van der Waals surface area (Å²) in [5, 5.41) is 1.10. The van der Waals surface area contributed by atoms with Crippen LogP contribution in [0.4, 0.5) is 5.69 Å². The van der Waals surface area contributed by atoms with Crippen molar-refractivity contribution in [3.8, 4) is 5.75 Å². The van der Waals surface area contributed by atoms with Crippen LogP contribution in [-0.4, -0.2) is 35.1 Å². The van der Waals surface area contributed by atoms with Gasteiger partial charge in [-0.25, -0.2) is 0 Å². The van der Waals surface area contributed by atoms with E-state index in [0.29, 0.717) is 6.61 Å². The maximum Gasteiger partial charge on any atom is 0.273 e. The molecule has 2 heterocycles. The van der Waals surface area contributed by atoms with Crippen molar-refractivity contribution in [2.45, 2.75) is 16.2 Å². The number of thioether (sulfide) groups is 1. The minimum absolute atomic E-state index is 0.0139. The van der Waals surface area contributed by atoms with Crippen LogP contribution in [0.2, 0.25) is 0 Å². The first-order valence-corrected chi connectivity index (χ1v) is 10.1. The van der Waals surface area contributed by atoms with Crippen molar-refractivity contribution < 1.29 is 14.3 Å². The van der Waals surface area contributed by atoms with Crippen molar-refractivity contribution in [1.82, 2.24) is 0 Å². The molecular formula is C19H18BrNO3S. The average Bonchev–Trinajstić information content (AvgIpc) is 3.13. The molecule has 2 unspecified atom stereocenters. The van der Waals surface area contributed by atoms with Gasteiger partial charge in [0, 0.05) is 16.3 Å². The van der Waals surface area contributed by atoms with E-state index in [1.54, 1.807) is 18.9 Å². The SMILES string of the molecule is COc1ccc(N2C(=O)C3(OC[C@H](CBr)S3)C2c2ccccc2)cc1. The van der Waals surface area contributed by atoms with Gasteiger partial charge in [-0.15, -0.1) is 11.8 Å². The molecule has 6 heteroatoms. The summed E-state index contributed by atoms with van der Waals surface area (Å²) in [6.07, 6.45) is 0. The minimum atomic E-state index is -0.820. The number of benzene rings is 2. The standard InChI is InChI=1S/C19H18BrNO3S/c1-23-15-9-7-14(8-10-15)21-17(13-5-3-2-4-6-13)19(18(21)22)24-12-16(11-20)25-19/h2-10,16-17H,11-12H2,1H3/t16-,17?,19?/m0/s1. The number of methoxy groups -OCH3 is 1. The second kappa shape index (κ2) is 6.67. The van der Waals surface area contributed by atoms with Gasteiger partial charge in [0.2, 0.25) is 4.93 Å².